The maximum atomic E-state index is 10.1. The van der Waals surface area contributed by atoms with Crippen molar-refractivity contribution in [3.05, 3.63) is 29.8 Å². The van der Waals surface area contributed by atoms with Crippen molar-refractivity contribution in [2.75, 3.05) is 24.5 Å². The number of likely N-dealkylation sites (N-methyl/N-ethyl adjacent to an activating group) is 1. The van der Waals surface area contributed by atoms with Crippen LogP contribution in [0.1, 0.15) is 40.2 Å². The van der Waals surface area contributed by atoms with Gasteiger partial charge in [-0.2, -0.15) is 0 Å². The summed E-state index contributed by atoms with van der Waals surface area (Å²) in [6.45, 7) is 13.7. The number of anilines is 1. The molecule has 1 aromatic rings. The van der Waals surface area contributed by atoms with E-state index < -0.39 is 5.60 Å². The first-order valence-corrected chi connectivity index (χ1v) is 7.59. The number of hydrogen-bond acceptors (Lipinski definition) is 3. The van der Waals surface area contributed by atoms with Crippen LogP contribution in [0.25, 0.3) is 0 Å². The predicted octanol–water partition coefficient (Wildman–Crippen LogP) is 3.03. The van der Waals surface area contributed by atoms with E-state index in [1.807, 2.05) is 13.8 Å². The molecule has 0 saturated carbocycles. The topological polar surface area (TPSA) is 35.5 Å². The van der Waals surface area contributed by atoms with Crippen LogP contribution in [0.4, 0.5) is 5.69 Å². The highest BCUT2D eigenvalue weighted by Crippen LogP contribution is 2.22. The van der Waals surface area contributed by atoms with Gasteiger partial charge in [0.25, 0.3) is 0 Å². The van der Waals surface area contributed by atoms with Gasteiger partial charge < -0.3 is 15.3 Å². The van der Waals surface area contributed by atoms with Gasteiger partial charge in [0.1, 0.15) is 0 Å². The van der Waals surface area contributed by atoms with Crippen LogP contribution in [-0.2, 0) is 6.54 Å². The Labute approximate surface area is 124 Å². The van der Waals surface area contributed by atoms with E-state index in [-0.39, 0.29) is 0 Å². The van der Waals surface area contributed by atoms with Crippen molar-refractivity contribution in [3.63, 3.8) is 0 Å². The molecule has 0 heterocycles. The zero-order chi connectivity index (χ0) is 15.2. The Balaban J connectivity index is 2.81. The fourth-order valence-corrected chi connectivity index (χ4v) is 2.30. The van der Waals surface area contributed by atoms with Gasteiger partial charge in [-0.3, -0.25) is 0 Å². The minimum Gasteiger partial charge on any atom is -0.389 e. The van der Waals surface area contributed by atoms with Crippen LogP contribution in [-0.4, -0.2) is 30.3 Å². The summed E-state index contributed by atoms with van der Waals surface area (Å²) in [4.78, 5) is 2.24. The summed E-state index contributed by atoms with van der Waals surface area (Å²) in [5.41, 5.74) is 1.82. The van der Waals surface area contributed by atoms with Crippen LogP contribution < -0.4 is 10.2 Å². The van der Waals surface area contributed by atoms with Crippen molar-refractivity contribution >= 4 is 5.69 Å². The van der Waals surface area contributed by atoms with Gasteiger partial charge in [0.05, 0.1) is 5.60 Å². The predicted molar refractivity (Wildman–Crippen MR) is 87.2 cm³/mol. The van der Waals surface area contributed by atoms with Crippen molar-refractivity contribution < 1.29 is 5.11 Å². The molecule has 0 aliphatic rings. The number of aliphatic hydroxyl groups is 1. The van der Waals surface area contributed by atoms with Gasteiger partial charge in [0.2, 0.25) is 0 Å². The highest BCUT2D eigenvalue weighted by atomic mass is 16.3. The van der Waals surface area contributed by atoms with E-state index in [4.69, 9.17) is 0 Å². The van der Waals surface area contributed by atoms with Crippen LogP contribution in [0, 0.1) is 5.92 Å². The summed E-state index contributed by atoms with van der Waals surface area (Å²) in [5.74, 6) is 0.654. The second kappa shape index (κ2) is 7.65. The average Bonchev–Trinajstić information content (AvgIpc) is 2.35. The molecule has 0 unspecified atom stereocenters. The SMILES string of the molecule is CCN(CC(C)(C)O)c1ccccc1CNCC(C)C. The Kier molecular flexibility index (Phi) is 6.50. The maximum absolute atomic E-state index is 10.1. The molecule has 0 bridgehead atoms. The summed E-state index contributed by atoms with van der Waals surface area (Å²) in [6.07, 6.45) is 0. The van der Waals surface area contributed by atoms with E-state index in [1.165, 1.54) is 11.3 Å². The lowest BCUT2D eigenvalue weighted by Crippen LogP contribution is -2.39. The molecular weight excluding hydrogens is 248 g/mol. The number of hydrogen-bond donors (Lipinski definition) is 2. The lowest BCUT2D eigenvalue weighted by atomic mass is 10.1. The number of nitrogens with one attached hydrogen (secondary N) is 1. The van der Waals surface area contributed by atoms with E-state index in [0.717, 1.165) is 19.6 Å². The molecule has 0 aliphatic heterocycles. The van der Waals surface area contributed by atoms with Crippen LogP contribution in [0.3, 0.4) is 0 Å². The summed E-state index contributed by atoms with van der Waals surface area (Å²) < 4.78 is 0. The molecule has 0 amide bonds. The van der Waals surface area contributed by atoms with Crippen LogP contribution >= 0.6 is 0 Å². The van der Waals surface area contributed by atoms with Gasteiger partial charge >= 0.3 is 0 Å². The van der Waals surface area contributed by atoms with Gasteiger partial charge in [-0.25, -0.2) is 0 Å². The summed E-state index contributed by atoms with van der Waals surface area (Å²) in [5, 5.41) is 13.6. The van der Waals surface area contributed by atoms with E-state index in [1.54, 1.807) is 0 Å². The molecule has 2 N–H and O–H groups in total. The number of para-hydroxylation sites is 1. The Hall–Kier alpha value is -1.06. The second-order valence-corrected chi connectivity index (χ2v) is 6.48. The van der Waals surface area contributed by atoms with E-state index >= 15 is 0 Å². The molecule has 20 heavy (non-hydrogen) atoms. The second-order valence-electron chi connectivity index (χ2n) is 6.48. The molecule has 0 fully saturated rings. The van der Waals surface area contributed by atoms with Crippen LogP contribution in [0.2, 0.25) is 0 Å². The third kappa shape index (κ3) is 5.93. The van der Waals surface area contributed by atoms with Gasteiger partial charge in [0, 0.05) is 25.3 Å². The van der Waals surface area contributed by atoms with E-state index in [9.17, 15) is 5.11 Å². The fraction of sp³-hybridized carbons (Fsp3) is 0.647. The van der Waals surface area contributed by atoms with Crippen molar-refractivity contribution in [3.8, 4) is 0 Å². The van der Waals surface area contributed by atoms with Gasteiger partial charge in [0.15, 0.2) is 0 Å². The standard InChI is InChI=1S/C17H30N2O/c1-6-19(13-17(4,5)20)16-10-8-7-9-15(16)12-18-11-14(2)3/h7-10,14,18,20H,6,11-13H2,1-5H3. The van der Waals surface area contributed by atoms with Crippen molar-refractivity contribution in [2.45, 2.75) is 46.8 Å². The molecular formula is C17H30N2O. The molecule has 0 atom stereocenters. The molecule has 114 valence electrons. The molecule has 0 saturated heterocycles. The lowest BCUT2D eigenvalue weighted by molar-refractivity contribution is 0.0875. The smallest absolute Gasteiger partial charge is 0.0765 e. The van der Waals surface area contributed by atoms with Crippen LogP contribution in [0.15, 0.2) is 24.3 Å². The van der Waals surface area contributed by atoms with Crippen molar-refractivity contribution in [1.29, 1.82) is 0 Å². The number of rotatable bonds is 8. The average molecular weight is 278 g/mol. The normalized spacial score (nSPS) is 11.9. The molecule has 1 rings (SSSR count). The summed E-state index contributed by atoms with van der Waals surface area (Å²) in [6, 6.07) is 8.44. The minimum atomic E-state index is -0.686. The monoisotopic (exact) mass is 278 g/mol. The highest BCUT2D eigenvalue weighted by Gasteiger charge is 2.19. The first-order valence-electron chi connectivity index (χ1n) is 7.59. The Morgan fingerprint density at radius 3 is 2.45 bits per heavy atom. The Bertz CT molecular complexity index is 396. The highest BCUT2D eigenvalue weighted by molar-refractivity contribution is 5.53. The van der Waals surface area contributed by atoms with Crippen molar-refractivity contribution in [2.24, 2.45) is 5.92 Å². The number of nitrogens with zero attached hydrogens (tertiary/aromatic N) is 1. The largest absolute Gasteiger partial charge is 0.389 e. The summed E-state index contributed by atoms with van der Waals surface area (Å²) in [7, 11) is 0. The Morgan fingerprint density at radius 2 is 1.90 bits per heavy atom. The molecule has 0 spiro atoms. The van der Waals surface area contributed by atoms with E-state index in [2.05, 4.69) is 55.3 Å². The molecule has 3 nitrogen and oxygen atoms in total. The maximum Gasteiger partial charge on any atom is 0.0765 e. The molecule has 0 aliphatic carbocycles. The quantitative estimate of drug-likeness (QED) is 0.767. The number of benzene rings is 1. The third-order valence-electron chi connectivity index (χ3n) is 3.16. The Morgan fingerprint density at radius 1 is 1.25 bits per heavy atom. The van der Waals surface area contributed by atoms with Gasteiger partial charge in [-0.1, -0.05) is 32.0 Å². The first-order chi connectivity index (χ1) is 9.33. The minimum absolute atomic E-state index is 0.644. The third-order valence-corrected chi connectivity index (χ3v) is 3.16. The molecule has 3 heteroatoms. The van der Waals surface area contributed by atoms with Crippen LogP contribution in [0.5, 0.6) is 0 Å². The first kappa shape index (κ1) is 17.0. The molecule has 1 aromatic carbocycles. The van der Waals surface area contributed by atoms with Crippen molar-refractivity contribution in [1.82, 2.24) is 5.32 Å². The zero-order valence-corrected chi connectivity index (χ0v) is 13.6. The van der Waals surface area contributed by atoms with Gasteiger partial charge in [-0.15, -0.1) is 0 Å². The molecule has 0 radical (unpaired) electrons. The molecule has 0 aromatic heterocycles. The fourth-order valence-electron chi connectivity index (χ4n) is 2.30. The van der Waals surface area contributed by atoms with E-state index in [0.29, 0.717) is 12.5 Å². The van der Waals surface area contributed by atoms with Gasteiger partial charge in [-0.05, 0) is 44.9 Å². The summed E-state index contributed by atoms with van der Waals surface area (Å²) >= 11 is 0. The lowest BCUT2D eigenvalue weighted by Gasteiger charge is -2.31. The zero-order valence-electron chi connectivity index (χ0n) is 13.6.